The average Bonchev–Trinajstić information content (AvgIpc) is 1.98. The summed E-state index contributed by atoms with van der Waals surface area (Å²) >= 11 is 16.5. The zero-order valence-electron chi connectivity index (χ0n) is 5.96. The summed E-state index contributed by atoms with van der Waals surface area (Å²) in [4.78, 5) is 31.8. The predicted molar refractivity (Wildman–Crippen MR) is 48.0 cm³/mol. The van der Waals surface area contributed by atoms with E-state index in [0.717, 1.165) is 6.07 Å². The van der Waals surface area contributed by atoms with Crippen LogP contribution in [0.25, 0.3) is 0 Å². The van der Waals surface area contributed by atoms with Crippen molar-refractivity contribution in [1.29, 1.82) is 0 Å². The van der Waals surface area contributed by atoms with Gasteiger partial charge in [0.05, 0.1) is 15.3 Å². The fraction of sp³-hybridized carbons (Fsp3) is 0. The van der Waals surface area contributed by atoms with Gasteiger partial charge >= 0.3 is 0 Å². The molecule has 0 amide bonds. The maximum atomic E-state index is 10.6. The lowest BCUT2D eigenvalue weighted by molar-refractivity contribution is -0.421. The van der Waals surface area contributed by atoms with E-state index in [1.165, 1.54) is 6.07 Å². The van der Waals surface area contributed by atoms with Crippen LogP contribution in [0.4, 0.5) is 0 Å². The number of hydrogen-bond acceptors (Lipinski definition) is 3. The van der Waals surface area contributed by atoms with Gasteiger partial charge in [0.15, 0.2) is 0 Å². The van der Waals surface area contributed by atoms with Gasteiger partial charge in [-0.2, -0.15) is 0 Å². The van der Waals surface area contributed by atoms with E-state index in [1.807, 2.05) is 0 Å². The van der Waals surface area contributed by atoms with Gasteiger partial charge in [-0.25, -0.2) is 0 Å². The highest BCUT2D eigenvalue weighted by molar-refractivity contribution is 7.63. The van der Waals surface area contributed by atoms with Crippen molar-refractivity contribution in [3.63, 3.8) is 0 Å². The Hall–Kier alpha value is 0.400. The molecule has 7 heteroatoms. The Bertz CT molecular complexity index is 337. The summed E-state index contributed by atoms with van der Waals surface area (Å²) in [6, 6.07) is 2.23. The quantitative estimate of drug-likeness (QED) is 0.531. The maximum Gasteiger partial charge on any atom is 0.102 e. The molecule has 0 unspecified atom stereocenters. The Kier molecular flexibility index (Phi) is 3.42. The molecule has 0 aliphatic heterocycles. The maximum absolute atomic E-state index is 10.6. The Morgan fingerprint density at radius 3 is 1.92 bits per heavy atom. The Morgan fingerprint density at radius 1 is 0.923 bits per heavy atom. The van der Waals surface area contributed by atoms with Gasteiger partial charge in [0.1, 0.15) is 5.02 Å². The molecular weight excluding hydrogens is 257 g/mol. The summed E-state index contributed by atoms with van der Waals surface area (Å²) in [5, 5.41) is -0.900. The Morgan fingerprint density at radius 2 is 1.46 bits per heavy atom. The monoisotopic (exact) mass is 258 g/mol. The van der Waals surface area contributed by atoms with Crippen LogP contribution < -0.4 is 20.0 Å². The fourth-order valence-corrected chi connectivity index (χ4v) is 2.25. The molecule has 0 saturated heterocycles. The Labute approximate surface area is 90.1 Å². The zero-order chi connectivity index (χ0) is 10.2. The summed E-state index contributed by atoms with van der Waals surface area (Å²) in [7, 11) is -4.88. The molecule has 0 atom stereocenters. The van der Waals surface area contributed by atoms with Crippen LogP contribution in [0.15, 0.2) is 12.1 Å². The lowest BCUT2D eigenvalue weighted by Crippen LogP contribution is -2.41. The van der Waals surface area contributed by atoms with E-state index in [0.29, 0.717) is 0 Å². The molecule has 0 aliphatic rings. The number of hydrogen-bond donors (Lipinski definition) is 0. The number of halogens is 3. The van der Waals surface area contributed by atoms with Gasteiger partial charge in [-0.15, -0.1) is 7.94 Å². The third kappa shape index (κ3) is 2.45. The first-order chi connectivity index (χ1) is 5.84. The second kappa shape index (κ2) is 3.87. The number of benzene rings is 1. The molecule has 1 rings (SSSR count). The molecule has 13 heavy (non-hydrogen) atoms. The van der Waals surface area contributed by atoms with Gasteiger partial charge in [-0.3, -0.25) is 0 Å². The van der Waals surface area contributed by atoms with E-state index in [4.69, 9.17) is 34.8 Å². The highest BCUT2D eigenvalue weighted by Crippen LogP contribution is 2.37. The molecule has 0 fully saturated rings. The lowest BCUT2D eigenvalue weighted by atomic mass is 10.4. The summed E-state index contributed by atoms with van der Waals surface area (Å²) in [5.41, 5.74) is 0. The van der Waals surface area contributed by atoms with Crippen LogP contribution in [0.1, 0.15) is 0 Å². The van der Waals surface area contributed by atoms with Crippen LogP contribution >= 0.6 is 42.7 Å². The van der Waals surface area contributed by atoms with Crippen molar-refractivity contribution in [3.05, 3.63) is 27.2 Å². The molecule has 0 saturated carbocycles. The average molecular weight is 259 g/mol. The van der Waals surface area contributed by atoms with Crippen molar-refractivity contribution < 1.29 is 14.7 Å². The van der Waals surface area contributed by atoms with Crippen molar-refractivity contribution in [2.45, 2.75) is 0 Å². The summed E-state index contributed by atoms with van der Waals surface area (Å²) < 4.78 is 0. The van der Waals surface area contributed by atoms with Gasteiger partial charge < -0.3 is 14.7 Å². The van der Waals surface area contributed by atoms with Gasteiger partial charge in [-0.05, 0) is 12.1 Å². The van der Waals surface area contributed by atoms with Crippen LogP contribution in [0, 0.1) is 0 Å². The summed E-state index contributed by atoms with van der Waals surface area (Å²) in [6.45, 7) is 0. The molecule has 0 spiro atoms. The molecule has 0 heterocycles. The van der Waals surface area contributed by atoms with Crippen molar-refractivity contribution in [2.75, 3.05) is 0 Å². The van der Waals surface area contributed by atoms with Crippen LogP contribution in [-0.2, 0) is 0 Å². The van der Waals surface area contributed by atoms with E-state index in [9.17, 15) is 14.7 Å². The molecule has 0 radical (unpaired) electrons. The second-order valence-corrected chi connectivity index (χ2v) is 4.83. The van der Waals surface area contributed by atoms with Gasteiger partial charge in [0.2, 0.25) is 0 Å². The minimum absolute atomic E-state index is 0.101. The first-order valence-corrected chi connectivity index (χ1v) is 5.68. The lowest BCUT2D eigenvalue weighted by Gasteiger charge is -2.42. The number of rotatable bonds is 1. The van der Waals surface area contributed by atoms with Gasteiger partial charge in [0.25, 0.3) is 0 Å². The van der Waals surface area contributed by atoms with Crippen molar-refractivity contribution in [2.24, 2.45) is 0 Å². The van der Waals surface area contributed by atoms with Crippen LogP contribution in [0.5, 0.6) is 0 Å². The van der Waals surface area contributed by atoms with E-state index in [2.05, 4.69) is 0 Å². The van der Waals surface area contributed by atoms with Crippen molar-refractivity contribution in [3.8, 4) is 0 Å². The molecule has 72 valence electrons. The predicted octanol–water partition coefficient (Wildman–Crippen LogP) is 0.116. The molecule has 0 N–H and O–H groups in total. The largest absolute Gasteiger partial charge is 0.683 e. The molecule has 0 aromatic heterocycles. The summed E-state index contributed by atoms with van der Waals surface area (Å²) in [6.07, 6.45) is 0. The first kappa shape index (κ1) is 11.5. The van der Waals surface area contributed by atoms with E-state index >= 15 is 0 Å². The van der Waals surface area contributed by atoms with Gasteiger partial charge in [-0.1, -0.05) is 34.8 Å². The Balaban J connectivity index is 3.35. The van der Waals surface area contributed by atoms with Crippen molar-refractivity contribution in [1.82, 2.24) is 0 Å². The van der Waals surface area contributed by atoms with Crippen LogP contribution in [0.3, 0.4) is 0 Å². The molecule has 1 aromatic carbocycles. The highest BCUT2D eigenvalue weighted by atomic mass is 35.5. The minimum atomic E-state index is -4.88. The highest BCUT2D eigenvalue weighted by Gasteiger charge is 2.14. The van der Waals surface area contributed by atoms with E-state index in [1.54, 1.807) is 0 Å². The molecule has 0 bridgehead atoms. The minimum Gasteiger partial charge on any atom is -0.683 e. The van der Waals surface area contributed by atoms with Crippen molar-refractivity contribution >= 4 is 48.1 Å². The zero-order valence-corrected chi connectivity index (χ0v) is 9.12. The smallest absolute Gasteiger partial charge is 0.102 e. The molecular formula is C6H2Cl3O3P-2. The first-order valence-electron chi connectivity index (χ1n) is 3.00. The summed E-state index contributed by atoms with van der Waals surface area (Å²) in [5.74, 6) is 0. The standard InChI is InChI=1S/C6H4Cl3O3P/c7-3-1-2-4(13(10,11)12)6(9)5(3)8/h1-2H,(H2,10,11,12)/p-2. The molecule has 0 aliphatic carbocycles. The van der Waals surface area contributed by atoms with Crippen LogP contribution in [-0.4, -0.2) is 0 Å². The fourth-order valence-electron chi connectivity index (χ4n) is 0.727. The third-order valence-corrected chi connectivity index (χ3v) is 3.70. The van der Waals surface area contributed by atoms with E-state index in [-0.39, 0.29) is 15.1 Å². The second-order valence-electron chi connectivity index (χ2n) is 2.19. The normalized spacial score (nSPS) is 11.8. The molecule has 1 aromatic rings. The van der Waals surface area contributed by atoms with Gasteiger partial charge in [0, 0.05) is 0 Å². The molecule has 3 nitrogen and oxygen atoms in total. The third-order valence-electron chi connectivity index (χ3n) is 1.31. The topological polar surface area (TPSA) is 69.2 Å². The van der Waals surface area contributed by atoms with Crippen LogP contribution in [0.2, 0.25) is 15.1 Å². The SMILES string of the molecule is [O-][P+]([O-])([O-])c1ccc(Cl)c(Cl)c1Cl. The van der Waals surface area contributed by atoms with E-state index < -0.39 is 13.2 Å².